The lowest BCUT2D eigenvalue weighted by Gasteiger charge is -2.24. The number of nitrogens with zero attached hydrogens (tertiary/aromatic N) is 3. The fraction of sp³-hybridized carbons (Fsp3) is 0.460. The quantitative estimate of drug-likeness (QED) is 0.0293. The molecule has 4 rings (SSSR count). The first kappa shape index (κ1) is 59.9. The number of rotatable bonds is 32. The van der Waals surface area contributed by atoms with E-state index in [0.29, 0.717) is 34.7 Å². The summed E-state index contributed by atoms with van der Waals surface area (Å²) in [4.78, 5) is 90.9. The van der Waals surface area contributed by atoms with E-state index >= 15 is 0 Å². The number of carbonyl (C=O) groups is 7. The van der Waals surface area contributed by atoms with E-state index in [4.69, 9.17) is 39.9 Å². The molecule has 0 bridgehead atoms. The molecule has 0 aliphatic carbocycles. The fourth-order valence-electron chi connectivity index (χ4n) is 7.53. The van der Waals surface area contributed by atoms with Gasteiger partial charge in [0.1, 0.15) is 33.1 Å². The Morgan fingerprint density at radius 2 is 1.50 bits per heavy atom. The second kappa shape index (κ2) is 30.5. The molecule has 1 aliphatic rings. The molecule has 0 fully saturated rings. The molecule has 8 N–H and O–H groups in total. The number of nitrogen functional groups attached to an aromatic ring is 1. The molecule has 22 nitrogen and oxygen atoms in total. The topological polar surface area (TPSA) is 306 Å². The van der Waals surface area contributed by atoms with E-state index in [0.717, 1.165) is 4.90 Å². The Hall–Kier alpha value is -6.65. The zero-order chi connectivity index (χ0) is 54.3. The Bertz CT molecular complexity index is 2530. The van der Waals surface area contributed by atoms with Crippen LogP contribution >= 0.6 is 31.9 Å². The second-order valence-electron chi connectivity index (χ2n) is 17.0. The first-order valence-corrected chi connectivity index (χ1v) is 25.3. The van der Waals surface area contributed by atoms with Gasteiger partial charge in [0.15, 0.2) is 11.3 Å². The molecule has 2 aromatic carbocycles. The van der Waals surface area contributed by atoms with E-state index in [9.17, 15) is 38.8 Å². The van der Waals surface area contributed by atoms with E-state index in [1.807, 2.05) is 0 Å². The minimum absolute atomic E-state index is 0.0353. The lowest BCUT2D eigenvalue weighted by molar-refractivity contribution is -0.679. The highest BCUT2D eigenvalue weighted by Gasteiger charge is 2.35. The van der Waals surface area contributed by atoms with Crippen LogP contribution in [0.2, 0.25) is 0 Å². The summed E-state index contributed by atoms with van der Waals surface area (Å²) in [5, 5.41) is 21.1. The van der Waals surface area contributed by atoms with Gasteiger partial charge >= 0.3 is 17.8 Å². The Morgan fingerprint density at radius 1 is 0.851 bits per heavy atom. The molecule has 0 saturated heterocycles. The first-order valence-electron chi connectivity index (χ1n) is 23.7. The number of anilines is 3. The maximum Gasteiger partial charge on any atom is 0.312 e. The van der Waals surface area contributed by atoms with Crippen molar-refractivity contribution in [1.82, 2.24) is 15.5 Å². The van der Waals surface area contributed by atoms with Crippen LogP contribution in [-0.4, -0.2) is 126 Å². The third-order valence-electron chi connectivity index (χ3n) is 11.3. The summed E-state index contributed by atoms with van der Waals surface area (Å²) in [5.41, 5.74) is 13.4. The molecule has 1 aliphatic heterocycles. The van der Waals surface area contributed by atoms with Gasteiger partial charge in [-0.1, -0.05) is 26.0 Å². The van der Waals surface area contributed by atoms with Crippen LogP contribution in [0.3, 0.4) is 0 Å². The standard InChI is InChI=1S/C50H63Br2N9O13/c1-6-74-49-36(28-53)37(54)27-40(58-42(64)26-33-24-35(69-4)13-14-39(33)70-5)61(49)29-31-9-11-34(12-10-31)57-46(65)32(8-7-16-56-50(55)68)25-38(62)45(30(2)3)59-41(63)15-18-71-20-22-73-23-21-72-19-17-60-47(66)43(51)44(52)48(60)67/h9-14,24,27,30,32,45H,6-8,15-23,25-26,29H2,1-5H3,(H7,54,55,56,57,58,59,63,64,65,68)/p+1/t32-,45+/m1/s1. The smallest absolute Gasteiger partial charge is 0.312 e. The number of ether oxygens (including phenoxy) is 6. The molecule has 0 unspecified atom stereocenters. The summed E-state index contributed by atoms with van der Waals surface area (Å²) < 4.78 is 35.2. The maximum atomic E-state index is 13.9. The minimum Gasteiger partial charge on any atom is -0.497 e. The molecular weight excluding hydrogens is 1090 g/mol. The largest absolute Gasteiger partial charge is 0.497 e. The lowest BCUT2D eigenvalue weighted by Crippen LogP contribution is -2.45. The van der Waals surface area contributed by atoms with Crippen LogP contribution in [0.5, 0.6) is 17.4 Å². The third-order valence-corrected chi connectivity index (χ3v) is 13.3. The van der Waals surface area contributed by atoms with Gasteiger partial charge in [0.05, 0.1) is 91.2 Å². The molecule has 400 valence electrons. The number of carbonyl (C=O) groups excluding carboxylic acids is 7. The van der Waals surface area contributed by atoms with Crippen LogP contribution in [0.15, 0.2) is 57.5 Å². The number of nitrogens with one attached hydrogen (secondary N) is 4. The number of urea groups is 1. The molecule has 0 saturated carbocycles. The van der Waals surface area contributed by atoms with Crippen molar-refractivity contribution in [3.63, 3.8) is 0 Å². The number of nitrogens with two attached hydrogens (primary N) is 2. The van der Waals surface area contributed by atoms with Gasteiger partial charge in [-0.3, -0.25) is 28.9 Å². The molecule has 7 amide bonds. The van der Waals surface area contributed by atoms with E-state index in [2.05, 4.69) is 59.2 Å². The van der Waals surface area contributed by atoms with Crippen LogP contribution in [-0.2, 0) is 55.9 Å². The van der Waals surface area contributed by atoms with Crippen molar-refractivity contribution in [3.05, 3.63) is 74.2 Å². The number of ketones is 1. The number of halogens is 2. The van der Waals surface area contributed by atoms with E-state index < -0.39 is 47.5 Å². The molecule has 24 heteroatoms. The lowest BCUT2D eigenvalue weighted by atomic mass is 9.89. The monoisotopic (exact) mass is 1160 g/mol. The fourth-order valence-corrected chi connectivity index (χ4v) is 8.30. The number of benzene rings is 2. The van der Waals surface area contributed by atoms with E-state index in [1.54, 1.807) is 67.8 Å². The molecular formula is C50H64Br2N9O13+. The average molecular weight is 1160 g/mol. The number of methoxy groups -OCH3 is 2. The van der Waals surface area contributed by atoms with Crippen LogP contribution in [0.25, 0.3) is 0 Å². The van der Waals surface area contributed by atoms with Gasteiger partial charge in [-0.25, -0.2) is 14.9 Å². The number of pyridine rings is 1. The summed E-state index contributed by atoms with van der Waals surface area (Å²) in [6, 6.07) is 13.9. The van der Waals surface area contributed by atoms with Gasteiger partial charge in [0, 0.05) is 36.6 Å². The van der Waals surface area contributed by atoms with Crippen molar-refractivity contribution >= 4 is 90.4 Å². The summed E-state index contributed by atoms with van der Waals surface area (Å²) in [7, 11) is 3.02. The number of aromatic nitrogens is 1. The summed E-state index contributed by atoms with van der Waals surface area (Å²) in [5.74, 6) is -2.26. The number of nitriles is 1. The minimum atomic E-state index is -0.904. The van der Waals surface area contributed by atoms with Crippen LogP contribution in [0, 0.1) is 23.2 Å². The van der Waals surface area contributed by atoms with Crippen molar-refractivity contribution in [2.45, 2.75) is 65.5 Å². The first-order chi connectivity index (χ1) is 35.4. The zero-order valence-corrected chi connectivity index (χ0v) is 45.2. The van der Waals surface area contributed by atoms with Gasteiger partial charge in [0.25, 0.3) is 17.6 Å². The van der Waals surface area contributed by atoms with Crippen molar-refractivity contribution in [2.24, 2.45) is 17.6 Å². The number of Topliss-reactive ketones (excluding diaryl/α,β-unsaturated/α-hetero) is 1. The molecule has 2 heterocycles. The maximum absolute atomic E-state index is 13.9. The number of hydrogen-bond donors (Lipinski definition) is 6. The molecule has 2 atom stereocenters. The van der Waals surface area contributed by atoms with Gasteiger partial charge in [-0.2, -0.15) is 9.83 Å². The third kappa shape index (κ3) is 18.1. The summed E-state index contributed by atoms with van der Waals surface area (Å²) >= 11 is 6.15. The van der Waals surface area contributed by atoms with Crippen molar-refractivity contribution < 1.29 is 66.6 Å². The SMILES string of the molecule is CCOc1c(C#N)c(N)cc(NC(=O)Cc2cc(OC)ccc2OC)[n+]1Cc1ccc(NC(=O)[C@H](CCCNC(N)=O)CC(=O)[C@@H](NC(=O)CCOCCOCCOCCN2C(=O)C(Br)=C(Br)C2=O)C(C)C)cc1. The predicted octanol–water partition coefficient (Wildman–Crippen LogP) is 3.99. The van der Waals surface area contributed by atoms with Crippen molar-refractivity contribution in [3.8, 4) is 23.4 Å². The Morgan fingerprint density at radius 3 is 2.09 bits per heavy atom. The normalized spacial score (nSPS) is 13.0. The van der Waals surface area contributed by atoms with Crippen LogP contribution < -0.4 is 51.5 Å². The van der Waals surface area contributed by atoms with Crippen LogP contribution in [0.1, 0.15) is 63.1 Å². The molecule has 74 heavy (non-hydrogen) atoms. The Labute approximate surface area is 446 Å². The molecule has 0 spiro atoms. The van der Waals surface area contributed by atoms with Gasteiger partial charge in [0.2, 0.25) is 11.8 Å². The van der Waals surface area contributed by atoms with Gasteiger partial charge in [-0.05, 0) is 93.4 Å². The predicted molar refractivity (Wildman–Crippen MR) is 278 cm³/mol. The highest BCUT2D eigenvalue weighted by molar-refractivity contribution is 9.14. The molecule has 3 aromatic rings. The van der Waals surface area contributed by atoms with Crippen molar-refractivity contribution in [2.75, 3.05) is 89.9 Å². The van der Waals surface area contributed by atoms with E-state index in [1.165, 1.54) is 20.3 Å². The number of imide groups is 1. The molecule has 1 aromatic heterocycles. The molecule has 0 radical (unpaired) electrons. The highest BCUT2D eigenvalue weighted by Crippen LogP contribution is 2.30. The number of primary amides is 1. The van der Waals surface area contributed by atoms with Crippen molar-refractivity contribution in [1.29, 1.82) is 5.26 Å². The highest BCUT2D eigenvalue weighted by atomic mass is 79.9. The average Bonchev–Trinajstić information content (AvgIpc) is 3.54. The summed E-state index contributed by atoms with van der Waals surface area (Å²) in [6.07, 6.45) is 0.209. The van der Waals surface area contributed by atoms with Gasteiger partial charge in [-0.15, -0.1) is 0 Å². The Balaban J connectivity index is 1.34. The second-order valence-corrected chi connectivity index (χ2v) is 18.5. The van der Waals surface area contributed by atoms with E-state index in [-0.39, 0.29) is 135 Å². The summed E-state index contributed by atoms with van der Waals surface area (Å²) in [6.45, 7) is 6.95. The van der Waals surface area contributed by atoms with Crippen LogP contribution in [0.4, 0.5) is 22.0 Å². The number of amides is 7. The zero-order valence-electron chi connectivity index (χ0n) is 42.0. The number of hydrogen-bond acceptors (Lipinski definition) is 15. The Kier molecular flexibility index (Phi) is 24.7. The van der Waals surface area contributed by atoms with Gasteiger partial charge < -0.3 is 55.8 Å².